The Labute approximate surface area is 112 Å². The van der Waals surface area contributed by atoms with Crippen molar-refractivity contribution >= 4 is 23.9 Å². The van der Waals surface area contributed by atoms with Gasteiger partial charge in [0.2, 0.25) is 0 Å². The molecule has 0 aliphatic carbocycles. The Hall–Kier alpha value is -1.77. The van der Waals surface area contributed by atoms with Crippen LogP contribution in [0.1, 0.15) is 44.2 Å². The van der Waals surface area contributed by atoms with Crippen molar-refractivity contribution in [2.75, 3.05) is 4.90 Å². The molecule has 1 aromatic rings. The first kappa shape index (κ1) is 12.3. The molecule has 3 rings (SSSR count). The zero-order valence-electron chi connectivity index (χ0n) is 11.9. The van der Waals surface area contributed by atoms with Gasteiger partial charge in [-0.1, -0.05) is 19.6 Å². The number of anilines is 1. The molecule has 0 saturated carbocycles. The highest BCUT2D eigenvalue weighted by molar-refractivity contribution is 6.23. The molecule has 3 nitrogen and oxygen atoms in total. The van der Waals surface area contributed by atoms with Gasteiger partial charge < -0.3 is 5.11 Å². The molecule has 2 aliphatic rings. The fraction of sp³-hybridized carbons (Fsp3) is 0.438. The monoisotopic (exact) mass is 257 g/mol. The van der Waals surface area contributed by atoms with Gasteiger partial charge in [0, 0.05) is 5.54 Å². The molecule has 2 aliphatic heterocycles. The first-order chi connectivity index (χ1) is 8.75. The van der Waals surface area contributed by atoms with Crippen molar-refractivity contribution in [1.29, 1.82) is 0 Å². The standard InChI is InChI=1S/C16H19NO2/c1-8-6-11-9(2)7-16(4,5)17-13(11)12(10(8)3)14(18)15(17)19/h6,9,18H,3,7H2,1-2,4-5H3. The van der Waals surface area contributed by atoms with Gasteiger partial charge in [0.25, 0.3) is 5.91 Å². The molecule has 0 spiro atoms. The molecule has 0 aromatic heterocycles. The van der Waals surface area contributed by atoms with Crippen LogP contribution >= 0.6 is 0 Å². The maximum absolute atomic E-state index is 12.4. The van der Waals surface area contributed by atoms with Crippen molar-refractivity contribution in [2.24, 2.45) is 0 Å². The molecule has 0 fully saturated rings. The summed E-state index contributed by atoms with van der Waals surface area (Å²) < 4.78 is 0. The van der Waals surface area contributed by atoms with Crippen LogP contribution in [0.3, 0.4) is 0 Å². The molecular weight excluding hydrogens is 238 g/mol. The number of aliphatic hydroxyl groups excluding tert-OH is 1. The van der Waals surface area contributed by atoms with Crippen molar-refractivity contribution in [2.45, 2.75) is 45.6 Å². The van der Waals surface area contributed by atoms with E-state index in [1.807, 2.05) is 6.92 Å². The van der Waals surface area contributed by atoms with E-state index in [2.05, 4.69) is 33.4 Å². The van der Waals surface area contributed by atoms with Gasteiger partial charge in [0.05, 0.1) is 10.9 Å². The fourth-order valence-corrected chi connectivity index (χ4v) is 3.59. The highest BCUT2D eigenvalue weighted by atomic mass is 16.3. The number of nitrogens with zero attached hydrogens (tertiary/aromatic N) is 1. The van der Waals surface area contributed by atoms with Gasteiger partial charge in [-0.05, 0) is 49.5 Å². The second-order valence-corrected chi connectivity index (χ2v) is 6.39. The van der Waals surface area contributed by atoms with Crippen LogP contribution in [-0.4, -0.2) is 16.6 Å². The number of benzene rings is 1. The molecule has 0 radical (unpaired) electrons. The summed E-state index contributed by atoms with van der Waals surface area (Å²) in [6.45, 7) is 12.3. The van der Waals surface area contributed by atoms with Crippen molar-refractivity contribution < 1.29 is 9.90 Å². The van der Waals surface area contributed by atoms with Crippen LogP contribution in [0.25, 0.3) is 12.3 Å². The van der Waals surface area contributed by atoms with Crippen molar-refractivity contribution in [3.63, 3.8) is 0 Å². The minimum atomic E-state index is -0.288. The number of aliphatic hydroxyl groups is 1. The quantitative estimate of drug-likeness (QED) is 0.768. The van der Waals surface area contributed by atoms with Gasteiger partial charge in [-0.15, -0.1) is 0 Å². The van der Waals surface area contributed by atoms with Gasteiger partial charge in [-0.3, -0.25) is 9.69 Å². The minimum Gasteiger partial charge on any atom is -0.503 e. The maximum atomic E-state index is 12.4. The average molecular weight is 257 g/mol. The van der Waals surface area contributed by atoms with Gasteiger partial charge in [0.15, 0.2) is 5.76 Å². The summed E-state index contributed by atoms with van der Waals surface area (Å²) in [5.74, 6) is -0.0613. The number of carbonyl (C=O) groups excluding carboxylic acids is 1. The van der Waals surface area contributed by atoms with Crippen LogP contribution in [0.2, 0.25) is 0 Å². The lowest BCUT2D eigenvalue weighted by atomic mass is 9.80. The van der Waals surface area contributed by atoms with Crippen LogP contribution in [0.4, 0.5) is 5.69 Å². The van der Waals surface area contributed by atoms with Gasteiger partial charge in [-0.25, -0.2) is 0 Å². The molecule has 100 valence electrons. The summed E-state index contributed by atoms with van der Waals surface area (Å²) in [5, 5.41) is 11.6. The lowest BCUT2D eigenvalue weighted by Crippen LogP contribution is -2.51. The Balaban J connectivity index is 2.50. The van der Waals surface area contributed by atoms with E-state index < -0.39 is 0 Å². The zero-order valence-corrected chi connectivity index (χ0v) is 11.9. The molecule has 1 N–H and O–H groups in total. The highest BCUT2D eigenvalue weighted by Crippen LogP contribution is 2.43. The Morgan fingerprint density at radius 2 is 2.11 bits per heavy atom. The number of carbonyl (C=O) groups is 1. The van der Waals surface area contributed by atoms with Gasteiger partial charge in [-0.2, -0.15) is 0 Å². The molecule has 2 heterocycles. The third-order valence-corrected chi connectivity index (χ3v) is 4.47. The molecule has 3 heteroatoms. The number of amides is 1. The molecule has 1 amide bonds. The lowest BCUT2D eigenvalue weighted by Gasteiger charge is -2.43. The van der Waals surface area contributed by atoms with E-state index in [-0.39, 0.29) is 17.2 Å². The molecule has 0 saturated heterocycles. The third kappa shape index (κ3) is 1.36. The fourth-order valence-electron chi connectivity index (χ4n) is 3.59. The van der Waals surface area contributed by atoms with Crippen LogP contribution < -0.4 is 15.3 Å². The molecule has 1 aromatic carbocycles. The molecule has 19 heavy (non-hydrogen) atoms. The van der Waals surface area contributed by atoms with E-state index in [1.54, 1.807) is 4.90 Å². The van der Waals surface area contributed by atoms with Crippen LogP contribution in [-0.2, 0) is 4.79 Å². The number of aryl methyl sites for hydroxylation is 1. The van der Waals surface area contributed by atoms with E-state index in [1.165, 1.54) is 0 Å². The Kier molecular flexibility index (Phi) is 2.20. The van der Waals surface area contributed by atoms with E-state index >= 15 is 0 Å². The van der Waals surface area contributed by atoms with E-state index in [4.69, 9.17) is 0 Å². The molecule has 1 atom stereocenters. The predicted molar refractivity (Wildman–Crippen MR) is 76.6 cm³/mol. The lowest BCUT2D eigenvalue weighted by molar-refractivity contribution is -0.115. The summed E-state index contributed by atoms with van der Waals surface area (Å²) in [4.78, 5) is 14.1. The Morgan fingerprint density at radius 1 is 1.47 bits per heavy atom. The first-order valence-corrected chi connectivity index (χ1v) is 6.66. The molecule has 0 bridgehead atoms. The molecular formula is C16H19NO2. The Morgan fingerprint density at radius 3 is 2.74 bits per heavy atom. The third-order valence-electron chi connectivity index (χ3n) is 4.47. The van der Waals surface area contributed by atoms with E-state index in [9.17, 15) is 9.90 Å². The topological polar surface area (TPSA) is 40.5 Å². The van der Waals surface area contributed by atoms with E-state index in [0.29, 0.717) is 11.1 Å². The number of hydrogen-bond donors (Lipinski definition) is 1. The van der Waals surface area contributed by atoms with Gasteiger partial charge >= 0.3 is 0 Å². The predicted octanol–water partition coefficient (Wildman–Crippen LogP) is 1.70. The second-order valence-electron chi connectivity index (χ2n) is 6.39. The summed E-state index contributed by atoms with van der Waals surface area (Å²) in [6.07, 6.45) is 0.897. The van der Waals surface area contributed by atoms with Crippen LogP contribution in [0.5, 0.6) is 0 Å². The first-order valence-electron chi connectivity index (χ1n) is 6.66. The summed E-state index contributed by atoms with van der Waals surface area (Å²) in [6, 6.07) is 2.11. The maximum Gasteiger partial charge on any atom is 0.294 e. The SMILES string of the molecule is C=c1c(C)cc2c3c1=C(O)C(=O)N3C(C)(C)CC2C. The largest absolute Gasteiger partial charge is 0.503 e. The van der Waals surface area contributed by atoms with Crippen molar-refractivity contribution in [3.05, 3.63) is 27.6 Å². The van der Waals surface area contributed by atoms with E-state index in [0.717, 1.165) is 28.5 Å². The summed E-state index contributed by atoms with van der Waals surface area (Å²) >= 11 is 0. The zero-order chi connectivity index (χ0) is 14.1. The van der Waals surface area contributed by atoms with Gasteiger partial charge in [0.1, 0.15) is 0 Å². The highest BCUT2D eigenvalue weighted by Gasteiger charge is 2.45. The minimum absolute atomic E-state index is 0.146. The van der Waals surface area contributed by atoms with Crippen molar-refractivity contribution in [1.82, 2.24) is 0 Å². The summed E-state index contributed by atoms with van der Waals surface area (Å²) in [5.41, 5.74) is 2.78. The normalized spacial score (nSPS) is 23.8. The Bertz CT molecular complexity index is 715. The van der Waals surface area contributed by atoms with Crippen LogP contribution in [0.15, 0.2) is 6.07 Å². The van der Waals surface area contributed by atoms with Crippen LogP contribution in [0, 0.1) is 6.92 Å². The smallest absolute Gasteiger partial charge is 0.294 e. The second kappa shape index (κ2) is 3.41. The average Bonchev–Trinajstić information content (AvgIpc) is 2.56. The van der Waals surface area contributed by atoms with Crippen molar-refractivity contribution in [3.8, 4) is 0 Å². The summed E-state index contributed by atoms with van der Waals surface area (Å²) in [7, 11) is 0. The number of rotatable bonds is 0. The molecule has 1 unspecified atom stereocenters. The number of hydrogen-bond acceptors (Lipinski definition) is 2.